The van der Waals surface area contributed by atoms with Crippen LogP contribution in [0.1, 0.15) is 90.0 Å². The Morgan fingerprint density at radius 2 is 1.80 bits per heavy atom. The van der Waals surface area contributed by atoms with Crippen LogP contribution in [0, 0.1) is 17.6 Å². The van der Waals surface area contributed by atoms with Crippen molar-refractivity contribution in [3.05, 3.63) is 77.2 Å². The van der Waals surface area contributed by atoms with Crippen LogP contribution < -0.4 is 25.4 Å². The smallest absolute Gasteiger partial charge is 0.408 e. The number of hydrogen-bond acceptors (Lipinski definition) is 11. The highest BCUT2D eigenvalue weighted by atomic mass is 32.1. The molecule has 0 spiro atoms. The summed E-state index contributed by atoms with van der Waals surface area (Å²) in [5.41, 5.74) is 1.15. The second-order valence-corrected chi connectivity index (χ2v) is 20.9. The summed E-state index contributed by atoms with van der Waals surface area (Å²) in [5.74, 6) is -2.80. The third-order valence-electron chi connectivity index (χ3n) is 12.6. The lowest BCUT2D eigenvalue weighted by Gasteiger charge is -2.31. The molecule has 14 nitrogen and oxygen atoms in total. The van der Waals surface area contributed by atoms with E-state index in [-0.39, 0.29) is 38.0 Å². The average molecular weight is 921 g/mol. The quantitative estimate of drug-likeness (QED) is 0.0835. The zero-order chi connectivity index (χ0) is 45.2. The molecular formula is C46H55F2N6O8PS. The third-order valence-corrected chi connectivity index (χ3v) is 16.0. The number of nitrogens with one attached hydrogen (secondary N) is 3. The first-order valence-electron chi connectivity index (χ1n) is 22.1. The molecule has 1 saturated heterocycles. The van der Waals surface area contributed by atoms with E-state index in [2.05, 4.69) is 16.0 Å². The van der Waals surface area contributed by atoms with E-state index in [9.17, 15) is 32.6 Å². The maximum atomic E-state index is 14.9. The van der Waals surface area contributed by atoms with Gasteiger partial charge in [0.1, 0.15) is 58.4 Å². The molecular weight excluding hydrogens is 866 g/mol. The third kappa shape index (κ3) is 9.91. The molecule has 2 aliphatic heterocycles. The normalized spacial score (nSPS) is 25.6. The molecule has 6 atom stereocenters. The molecule has 3 amide bonds. The van der Waals surface area contributed by atoms with Crippen molar-refractivity contribution in [1.82, 2.24) is 25.5 Å². The molecule has 4 aliphatic rings. The molecule has 342 valence electrons. The van der Waals surface area contributed by atoms with Gasteiger partial charge in [0.2, 0.25) is 19.2 Å². The highest BCUT2D eigenvalue weighted by Gasteiger charge is 2.66. The van der Waals surface area contributed by atoms with Crippen molar-refractivity contribution in [1.29, 1.82) is 0 Å². The van der Waals surface area contributed by atoms with Gasteiger partial charge in [0, 0.05) is 46.8 Å². The van der Waals surface area contributed by atoms with Crippen molar-refractivity contribution in [2.75, 3.05) is 19.0 Å². The van der Waals surface area contributed by atoms with E-state index in [1.54, 1.807) is 31.4 Å². The van der Waals surface area contributed by atoms with Crippen LogP contribution in [0.4, 0.5) is 18.7 Å². The number of fused-ring (bicyclic) bond motifs is 3. The number of carbonyl (C=O) groups is 3. The van der Waals surface area contributed by atoms with Gasteiger partial charge < -0.3 is 40.0 Å². The number of thiazole rings is 1. The summed E-state index contributed by atoms with van der Waals surface area (Å²) in [6.45, 7) is 3.96. The van der Waals surface area contributed by atoms with E-state index in [4.69, 9.17) is 24.2 Å². The fourth-order valence-corrected chi connectivity index (χ4v) is 12.3. The number of alkyl carbamates (subject to hydrolysis) is 1. The molecule has 1 unspecified atom stereocenters. The van der Waals surface area contributed by atoms with Crippen molar-refractivity contribution in [3.63, 3.8) is 0 Å². The van der Waals surface area contributed by atoms with Gasteiger partial charge in [0.15, 0.2) is 5.13 Å². The predicted molar refractivity (Wildman–Crippen MR) is 239 cm³/mol. The van der Waals surface area contributed by atoms with E-state index >= 15 is 0 Å². The molecule has 64 heavy (non-hydrogen) atoms. The Labute approximate surface area is 375 Å². The van der Waals surface area contributed by atoms with Crippen molar-refractivity contribution in [3.8, 4) is 22.9 Å². The van der Waals surface area contributed by atoms with Gasteiger partial charge in [-0.05, 0) is 89.5 Å². The second-order valence-electron chi connectivity index (χ2n) is 17.6. The van der Waals surface area contributed by atoms with Crippen molar-refractivity contribution in [2.24, 2.45) is 5.92 Å². The number of pyridine rings is 1. The average Bonchev–Trinajstić information content (AvgIpc) is 3.67. The summed E-state index contributed by atoms with van der Waals surface area (Å²) >= 11 is 1.44. The maximum absolute atomic E-state index is 14.9. The first-order valence-corrected chi connectivity index (χ1v) is 24.8. The van der Waals surface area contributed by atoms with Crippen molar-refractivity contribution >= 4 is 52.6 Å². The Balaban J connectivity index is 1.14. The minimum Gasteiger partial charge on any atom is -0.497 e. The number of hydrogen-bond donors (Lipinski definition) is 4. The van der Waals surface area contributed by atoms with Crippen LogP contribution >= 0.6 is 18.7 Å². The molecule has 4 heterocycles. The first kappa shape index (κ1) is 45.4. The van der Waals surface area contributed by atoms with Gasteiger partial charge in [0.05, 0.1) is 31.0 Å². The number of benzene rings is 2. The van der Waals surface area contributed by atoms with Crippen molar-refractivity contribution < 1.29 is 46.8 Å². The largest absolute Gasteiger partial charge is 0.497 e. The Bertz CT molecular complexity index is 2440. The standard InChI is InChI=1S/C46H55F2N6O8PS/c1-27(2)49-44-51-39(26-64-44)38-22-41(32-19-18-30(60-3)20-37(32)50-38)61-31-21-40-42(55)53-46(63(58,59)25-33-34(47)15-11-16-35(33)48)23-28(46)12-7-5-4-6-8-17-36(43(56)54(40)24-31)52-45(57)62-29-13-9-10-14-29/h7,11-12,15-16,18-20,22,26-29,31,36,40H,4-6,8-10,13-14,17,21,23-25H2,1-3H3,(H,49,51)(H,52,57)(H,53,55)(H,58,59)/b12-7-/t28-,31-,36+,40+,46+/m1/s1. The number of ether oxygens (including phenoxy) is 3. The van der Waals surface area contributed by atoms with Crippen LogP contribution in [-0.4, -0.2) is 86.9 Å². The highest BCUT2D eigenvalue weighted by molar-refractivity contribution is 7.59. The molecule has 2 aliphatic carbocycles. The van der Waals surface area contributed by atoms with Gasteiger partial charge in [-0.15, -0.1) is 11.3 Å². The second kappa shape index (κ2) is 19.2. The van der Waals surface area contributed by atoms with Gasteiger partial charge in [-0.25, -0.2) is 23.5 Å². The molecule has 0 radical (unpaired) electrons. The van der Waals surface area contributed by atoms with E-state index in [1.165, 1.54) is 22.3 Å². The number of aromatic nitrogens is 2. The topological polar surface area (TPSA) is 181 Å². The number of allylic oxidation sites excluding steroid dienone is 1. The lowest BCUT2D eigenvalue weighted by atomic mass is 10.0. The van der Waals surface area contributed by atoms with Crippen LogP contribution in [0.5, 0.6) is 11.5 Å². The van der Waals surface area contributed by atoms with Gasteiger partial charge in [-0.3, -0.25) is 14.2 Å². The Morgan fingerprint density at radius 1 is 1.03 bits per heavy atom. The molecule has 3 fully saturated rings. The molecule has 18 heteroatoms. The summed E-state index contributed by atoms with van der Waals surface area (Å²) < 4.78 is 62.4. The summed E-state index contributed by atoms with van der Waals surface area (Å²) in [6.07, 6.45) is 7.45. The van der Waals surface area contributed by atoms with E-state index in [0.717, 1.165) is 55.8 Å². The zero-order valence-corrected chi connectivity index (χ0v) is 37.9. The number of halogens is 2. The fourth-order valence-electron chi connectivity index (χ4n) is 9.10. The molecule has 4 N–H and O–H groups in total. The van der Waals surface area contributed by atoms with Crippen LogP contribution in [-0.2, 0) is 25.1 Å². The minimum atomic E-state index is -4.59. The number of rotatable bonds is 11. The lowest BCUT2D eigenvalue weighted by molar-refractivity contribution is -0.140. The number of nitrogens with zero attached hydrogens (tertiary/aromatic N) is 3. The van der Waals surface area contributed by atoms with Crippen molar-refractivity contribution in [2.45, 2.75) is 126 Å². The van der Waals surface area contributed by atoms with Gasteiger partial charge in [-0.1, -0.05) is 31.1 Å². The fraction of sp³-hybridized carbons (Fsp3) is 0.500. The van der Waals surface area contributed by atoms with E-state index in [1.807, 2.05) is 31.4 Å². The Kier molecular flexibility index (Phi) is 13.6. The van der Waals surface area contributed by atoms with E-state index < -0.39 is 78.0 Å². The number of carbonyl (C=O) groups excluding carboxylic acids is 3. The Hall–Kier alpha value is -5.12. The summed E-state index contributed by atoms with van der Waals surface area (Å²) in [5, 5.41) is 10.5. The van der Waals surface area contributed by atoms with Gasteiger partial charge in [-0.2, -0.15) is 0 Å². The summed E-state index contributed by atoms with van der Waals surface area (Å²) in [4.78, 5) is 65.8. The maximum Gasteiger partial charge on any atom is 0.408 e. The molecule has 0 bridgehead atoms. The molecule has 4 aromatic rings. The van der Waals surface area contributed by atoms with Gasteiger partial charge in [0.25, 0.3) is 0 Å². The summed E-state index contributed by atoms with van der Waals surface area (Å²) in [6, 6.07) is 8.26. The molecule has 2 saturated carbocycles. The van der Waals surface area contributed by atoms with Crippen LogP contribution in [0.2, 0.25) is 0 Å². The molecule has 2 aromatic carbocycles. The SMILES string of the molecule is COc1ccc2c(O[C@@H]3C[C@H]4C(=O)N[C@]5(P(=O)(O)Cc6c(F)cccc6F)C[C@H]5/C=C\CCCCC[C@H](NC(=O)OC5CCCC5)C(=O)N4C3)cc(-c3csc(NC(C)C)n3)nc2c1. The number of amides is 3. The number of methoxy groups -OCH3 is 1. The lowest BCUT2D eigenvalue weighted by Crippen LogP contribution is -2.55. The molecule has 2 aromatic heterocycles. The first-order chi connectivity index (χ1) is 30.7. The Morgan fingerprint density at radius 3 is 2.55 bits per heavy atom. The minimum absolute atomic E-state index is 0.0282. The van der Waals surface area contributed by atoms with Crippen LogP contribution in [0.3, 0.4) is 0 Å². The highest BCUT2D eigenvalue weighted by Crippen LogP contribution is 2.71. The predicted octanol–water partition coefficient (Wildman–Crippen LogP) is 8.67. The number of anilines is 1. The summed E-state index contributed by atoms with van der Waals surface area (Å²) in [7, 11) is -3.04. The van der Waals surface area contributed by atoms with Gasteiger partial charge >= 0.3 is 6.09 Å². The van der Waals surface area contributed by atoms with Crippen LogP contribution in [0.25, 0.3) is 22.3 Å². The zero-order valence-electron chi connectivity index (χ0n) is 36.2. The van der Waals surface area contributed by atoms with E-state index in [0.29, 0.717) is 46.6 Å². The van der Waals surface area contributed by atoms with Crippen LogP contribution in [0.15, 0.2) is 60.0 Å². The monoisotopic (exact) mass is 920 g/mol. The molecule has 8 rings (SSSR count).